The molecule has 2 aliphatic rings. The lowest BCUT2D eigenvalue weighted by Crippen LogP contribution is -2.29. The number of nitrogens with one attached hydrogen (secondary N) is 1. The van der Waals surface area contributed by atoms with Gasteiger partial charge in [0.25, 0.3) is 5.91 Å². The molecule has 0 aliphatic heterocycles. The lowest BCUT2D eigenvalue weighted by molar-refractivity contribution is 0.0940. The Labute approximate surface area is 226 Å². The van der Waals surface area contributed by atoms with Gasteiger partial charge in [-0.25, -0.2) is 4.68 Å². The van der Waals surface area contributed by atoms with E-state index in [9.17, 15) is 4.79 Å². The number of rotatable bonds is 9. The van der Waals surface area contributed by atoms with Gasteiger partial charge in [0.05, 0.1) is 16.4 Å². The van der Waals surface area contributed by atoms with Gasteiger partial charge in [0.2, 0.25) is 0 Å². The van der Waals surface area contributed by atoms with Gasteiger partial charge in [0.1, 0.15) is 0 Å². The second kappa shape index (κ2) is 12.0. The average Bonchev–Trinajstić information content (AvgIpc) is 3.12. The van der Waals surface area contributed by atoms with Crippen LogP contribution in [-0.2, 0) is 12.8 Å². The monoisotopic (exact) mass is 527 g/mol. The van der Waals surface area contributed by atoms with Crippen molar-refractivity contribution in [2.75, 3.05) is 6.54 Å². The van der Waals surface area contributed by atoms with E-state index in [-0.39, 0.29) is 5.91 Å². The second-order valence-electron chi connectivity index (χ2n) is 10.6. The first-order chi connectivity index (χ1) is 17.3. The number of nitrogens with zero attached hydrogens (tertiary/aromatic N) is 2. The van der Waals surface area contributed by atoms with E-state index in [1.807, 2.05) is 16.8 Å². The number of carbonyl (C=O) groups excluding carboxylic acids is 1. The number of fused-ring (bicyclic) bond motifs is 3. The van der Waals surface area contributed by atoms with Crippen LogP contribution in [0.1, 0.15) is 87.8 Å². The van der Waals surface area contributed by atoms with E-state index in [1.165, 1.54) is 24.8 Å². The Balaban J connectivity index is 1.66. The molecule has 194 valence electrons. The van der Waals surface area contributed by atoms with E-state index in [1.54, 1.807) is 0 Å². The van der Waals surface area contributed by atoms with Crippen LogP contribution in [0.25, 0.3) is 17.0 Å². The molecule has 1 heterocycles. The molecular weight excluding hydrogens is 489 g/mol. The summed E-state index contributed by atoms with van der Waals surface area (Å²) in [4.78, 5) is 13.5. The fourth-order valence-corrected chi connectivity index (χ4v) is 6.00. The fourth-order valence-electron chi connectivity index (χ4n) is 5.43. The lowest BCUT2D eigenvalue weighted by atomic mass is 9.93. The third kappa shape index (κ3) is 5.92. The Morgan fingerprint density at radius 1 is 1.19 bits per heavy atom. The van der Waals surface area contributed by atoms with Crippen molar-refractivity contribution in [3.05, 3.63) is 57.2 Å². The first kappa shape index (κ1) is 27.0. The maximum atomic E-state index is 13.5. The number of aryl methyl sites for hydroxylation is 1. The van der Waals surface area contributed by atoms with E-state index >= 15 is 0 Å². The van der Waals surface area contributed by atoms with Crippen LogP contribution in [0.5, 0.6) is 0 Å². The third-order valence-electron chi connectivity index (χ3n) is 7.81. The van der Waals surface area contributed by atoms with Gasteiger partial charge in [-0.1, -0.05) is 88.4 Å². The molecule has 0 saturated carbocycles. The number of carbonyl (C=O) groups is 1. The molecule has 2 aliphatic carbocycles. The third-order valence-corrected chi connectivity index (χ3v) is 8.37. The normalized spacial score (nSPS) is 18.1. The van der Waals surface area contributed by atoms with Crippen molar-refractivity contribution in [2.24, 2.45) is 17.8 Å². The number of hydrogen-bond donors (Lipinski definition) is 1. The minimum absolute atomic E-state index is 0.0957. The van der Waals surface area contributed by atoms with Crippen molar-refractivity contribution < 1.29 is 4.79 Å². The predicted octanol–water partition coefficient (Wildman–Crippen LogP) is 8.28. The molecule has 36 heavy (non-hydrogen) atoms. The summed E-state index contributed by atoms with van der Waals surface area (Å²) < 4.78 is 1.91. The van der Waals surface area contributed by atoms with Crippen molar-refractivity contribution in [1.82, 2.24) is 15.1 Å². The molecule has 1 aromatic heterocycles. The van der Waals surface area contributed by atoms with E-state index in [2.05, 4.69) is 51.2 Å². The highest BCUT2D eigenvalue weighted by molar-refractivity contribution is 6.36. The zero-order valence-electron chi connectivity index (χ0n) is 22.0. The Kier molecular flexibility index (Phi) is 9.00. The number of benzene rings is 1. The summed E-state index contributed by atoms with van der Waals surface area (Å²) >= 11 is 13.1. The van der Waals surface area contributed by atoms with Crippen molar-refractivity contribution >= 4 is 34.8 Å². The Bertz CT molecular complexity index is 1160. The summed E-state index contributed by atoms with van der Waals surface area (Å²) in [6.45, 7) is 9.56. The zero-order valence-corrected chi connectivity index (χ0v) is 23.6. The molecule has 0 radical (unpaired) electrons. The molecule has 4 rings (SSSR count). The van der Waals surface area contributed by atoms with E-state index < -0.39 is 0 Å². The summed E-state index contributed by atoms with van der Waals surface area (Å²) in [5, 5.41) is 9.51. The van der Waals surface area contributed by atoms with Gasteiger partial charge >= 0.3 is 0 Å². The first-order valence-corrected chi connectivity index (χ1v) is 14.3. The van der Waals surface area contributed by atoms with Crippen LogP contribution in [0.3, 0.4) is 0 Å². The van der Waals surface area contributed by atoms with Crippen molar-refractivity contribution in [1.29, 1.82) is 0 Å². The topological polar surface area (TPSA) is 46.9 Å². The molecule has 0 bridgehead atoms. The molecule has 1 amide bonds. The first-order valence-electron chi connectivity index (χ1n) is 13.6. The minimum Gasteiger partial charge on any atom is -0.350 e. The maximum Gasteiger partial charge on any atom is 0.272 e. The summed E-state index contributed by atoms with van der Waals surface area (Å²) in [6.07, 6.45) is 12.5. The van der Waals surface area contributed by atoms with Gasteiger partial charge in [0, 0.05) is 22.7 Å². The van der Waals surface area contributed by atoms with Gasteiger partial charge in [-0.05, 0) is 67.6 Å². The van der Waals surface area contributed by atoms with Crippen LogP contribution in [-0.4, -0.2) is 22.2 Å². The van der Waals surface area contributed by atoms with Gasteiger partial charge in [-0.3, -0.25) is 4.79 Å². The van der Waals surface area contributed by atoms with Crippen molar-refractivity contribution in [3.63, 3.8) is 0 Å². The number of halogens is 2. The second-order valence-corrected chi connectivity index (χ2v) is 11.5. The van der Waals surface area contributed by atoms with Crippen molar-refractivity contribution in [3.8, 4) is 11.3 Å². The minimum atomic E-state index is -0.0957. The Morgan fingerprint density at radius 2 is 1.97 bits per heavy atom. The van der Waals surface area contributed by atoms with Gasteiger partial charge in [-0.2, -0.15) is 5.10 Å². The summed E-state index contributed by atoms with van der Waals surface area (Å²) in [5.41, 5.74) is 5.62. The molecule has 0 saturated heterocycles. The van der Waals surface area contributed by atoms with Crippen LogP contribution >= 0.6 is 23.2 Å². The van der Waals surface area contributed by atoms with Crippen LogP contribution in [0.2, 0.25) is 5.02 Å². The molecule has 1 N–H and O–H groups in total. The average molecular weight is 529 g/mol. The SMILES string of the molecule is CCC(CC)CCC(C)CNC(=O)c1nn(C2=CCC(C)C=C2Cl)c2c1CCCc1cc(Cl)ccc1-2. The highest BCUT2D eigenvalue weighted by atomic mass is 35.5. The molecule has 6 heteroatoms. The number of aromatic nitrogens is 2. The molecular formula is C30H39Cl2N3O. The smallest absolute Gasteiger partial charge is 0.272 e. The fraction of sp³-hybridized carbons (Fsp3) is 0.533. The molecule has 2 unspecified atom stereocenters. The van der Waals surface area contributed by atoms with E-state index in [0.29, 0.717) is 29.1 Å². The number of amides is 1. The van der Waals surface area contributed by atoms with Gasteiger partial charge in [0.15, 0.2) is 5.69 Å². The van der Waals surface area contributed by atoms with Crippen LogP contribution in [0, 0.1) is 17.8 Å². The van der Waals surface area contributed by atoms with E-state index in [0.717, 1.165) is 65.6 Å². The highest BCUT2D eigenvalue weighted by Gasteiger charge is 2.30. The van der Waals surface area contributed by atoms with Crippen LogP contribution in [0.15, 0.2) is 35.4 Å². The molecule has 0 spiro atoms. The predicted molar refractivity (Wildman–Crippen MR) is 151 cm³/mol. The van der Waals surface area contributed by atoms with Gasteiger partial charge in [-0.15, -0.1) is 0 Å². The standard InChI is InChI=1S/C30H39Cl2N3O/c1-5-21(6-2)12-10-20(4)18-33-30(36)28-25-9-7-8-22-17-23(31)13-14-24(22)29(25)35(34-28)27-15-11-19(3)16-26(27)32/h13-17,19-21H,5-12,18H2,1-4H3,(H,33,36). The largest absolute Gasteiger partial charge is 0.350 e. The Hall–Kier alpha value is -2.04. The maximum absolute atomic E-state index is 13.5. The zero-order chi connectivity index (χ0) is 25.8. The summed E-state index contributed by atoms with van der Waals surface area (Å²) in [5.74, 6) is 1.48. The lowest BCUT2D eigenvalue weighted by Gasteiger charge is -2.18. The molecule has 0 fully saturated rings. The van der Waals surface area contributed by atoms with Gasteiger partial charge < -0.3 is 5.32 Å². The van der Waals surface area contributed by atoms with Crippen LogP contribution < -0.4 is 5.32 Å². The molecule has 2 atom stereocenters. The summed E-state index contributed by atoms with van der Waals surface area (Å²) in [7, 11) is 0. The quantitative estimate of drug-likeness (QED) is 0.356. The molecule has 1 aromatic carbocycles. The molecule has 4 nitrogen and oxygen atoms in total. The number of hydrogen-bond acceptors (Lipinski definition) is 2. The van der Waals surface area contributed by atoms with E-state index in [4.69, 9.17) is 28.3 Å². The number of allylic oxidation sites excluding steroid dienone is 4. The van der Waals surface area contributed by atoms with Crippen LogP contribution in [0.4, 0.5) is 0 Å². The summed E-state index contributed by atoms with van der Waals surface area (Å²) in [6, 6.07) is 6.02. The molecule has 2 aromatic rings. The van der Waals surface area contributed by atoms with Crippen molar-refractivity contribution in [2.45, 2.75) is 79.1 Å². The highest BCUT2D eigenvalue weighted by Crippen LogP contribution is 2.40. The Morgan fingerprint density at radius 3 is 2.69 bits per heavy atom.